The van der Waals surface area contributed by atoms with Crippen LogP contribution in [0.15, 0.2) is 36.5 Å². The van der Waals surface area contributed by atoms with E-state index in [1.807, 2.05) is 30.3 Å². The molecule has 5 rings (SSSR count). The van der Waals surface area contributed by atoms with Gasteiger partial charge >= 0.3 is 0 Å². The number of aromatic amines is 1. The lowest BCUT2D eigenvalue weighted by molar-refractivity contribution is 0.102. The summed E-state index contributed by atoms with van der Waals surface area (Å²) in [7, 11) is 0. The molecule has 10 nitrogen and oxygen atoms in total. The summed E-state index contributed by atoms with van der Waals surface area (Å²) >= 11 is 0. The van der Waals surface area contributed by atoms with Crippen LogP contribution in [0.4, 0.5) is 17.6 Å². The number of carbonyl (C=O) groups excluding carboxylic acids is 1. The molecule has 2 aromatic heterocycles. The summed E-state index contributed by atoms with van der Waals surface area (Å²) in [5.41, 5.74) is 3.73. The minimum absolute atomic E-state index is 0.0395. The molecule has 3 N–H and O–H groups in total. The number of nitrogens with one attached hydrogen (secondary N) is 2. The number of β-amino-alcohol motifs (C(OH)–C–C–N with tert-alkyl or cyclic N) is 1. The smallest absolute Gasteiger partial charge is 0.256 e. The Hall–Kier alpha value is -3.50. The summed E-state index contributed by atoms with van der Waals surface area (Å²) < 4.78 is 0. The second-order valence-electron chi connectivity index (χ2n) is 10.4. The highest BCUT2D eigenvalue weighted by atomic mass is 16.3. The van der Waals surface area contributed by atoms with Crippen molar-refractivity contribution in [1.29, 1.82) is 0 Å². The number of H-pyrrole nitrogens is 1. The van der Waals surface area contributed by atoms with Gasteiger partial charge in [-0.05, 0) is 29.2 Å². The number of aliphatic hydroxyl groups excluding tert-OH is 1. The molecule has 3 aromatic rings. The fraction of sp³-hybridized carbons (Fsp3) is 0.462. The first-order valence-corrected chi connectivity index (χ1v) is 12.5. The summed E-state index contributed by atoms with van der Waals surface area (Å²) in [5, 5.41) is 19.6. The van der Waals surface area contributed by atoms with Gasteiger partial charge in [0.25, 0.3) is 5.91 Å². The lowest BCUT2D eigenvalue weighted by Gasteiger charge is -2.34. The molecule has 2 aliphatic rings. The van der Waals surface area contributed by atoms with E-state index in [0.717, 1.165) is 49.2 Å². The van der Waals surface area contributed by atoms with Gasteiger partial charge in [0.1, 0.15) is 11.6 Å². The second-order valence-corrected chi connectivity index (χ2v) is 10.4. The third-order valence-electron chi connectivity index (χ3n) is 6.92. The van der Waals surface area contributed by atoms with Crippen molar-refractivity contribution in [3.8, 4) is 0 Å². The summed E-state index contributed by atoms with van der Waals surface area (Å²) in [6, 6.07) is 9.66. The van der Waals surface area contributed by atoms with Crippen molar-refractivity contribution in [2.75, 3.05) is 54.4 Å². The third kappa shape index (κ3) is 5.05. The van der Waals surface area contributed by atoms with Crippen molar-refractivity contribution in [1.82, 2.24) is 25.1 Å². The van der Waals surface area contributed by atoms with E-state index in [-0.39, 0.29) is 17.9 Å². The summed E-state index contributed by atoms with van der Waals surface area (Å²) in [5.74, 6) is 2.03. The van der Waals surface area contributed by atoms with Crippen LogP contribution < -0.4 is 15.1 Å². The summed E-state index contributed by atoms with van der Waals surface area (Å²) in [4.78, 5) is 28.8. The van der Waals surface area contributed by atoms with Gasteiger partial charge in [0.05, 0.1) is 25.4 Å². The Balaban J connectivity index is 1.24. The van der Waals surface area contributed by atoms with E-state index in [1.54, 1.807) is 6.20 Å². The molecule has 0 radical (unpaired) electrons. The van der Waals surface area contributed by atoms with E-state index in [0.29, 0.717) is 31.0 Å². The van der Waals surface area contributed by atoms with E-state index >= 15 is 0 Å². The van der Waals surface area contributed by atoms with Crippen LogP contribution in [-0.2, 0) is 18.5 Å². The molecule has 0 saturated carbocycles. The molecule has 36 heavy (non-hydrogen) atoms. The molecule has 0 aliphatic carbocycles. The predicted octanol–water partition coefficient (Wildman–Crippen LogP) is 2.38. The zero-order valence-electron chi connectivity index (χ0n) is 21.2. The average Bonchev–Trinajstić information content (AvgIpc) is 3.46. The number of amides is 1. The van der Waals surface area contributed by atoms with Crippen molar-refractivity contribution >= 4 is 23.5 Å². The highest BCUT2D eigenvalue weighted by Crippen LogP contribution is 2.31. The zero-order valence-corrected chi connectivity index (χ0v) is 21.2. The van der Waals surface area contributed by atoms with Crippen LogP contribution in [0.1, 0.15) is 48.0 Å². The van der Waals surface area contributed by atoms with Crippen LogP contribution >= 0.6 is 0 Å². The largest absolute Gasteiger partial charge is 0.395 e. The Morgan fingerprint density at radius 2 is 1.81 bits per heavy atom. The van der Waals surface area contributed by atoms with Crippen molar-refractivity contribution in [2.45, 2.75) is 39.3 Å². The third-order valence-corrected chi connectivity index (χ3v) is 6.92. The van der Waals surface area contributed by atoms with Gasteiger partial charge in [0, 0.05) is 50.0 Å². The Labute approximate surface area is 211 Å². The second kappa shape index (κ2) is 9.87. The van der Waals surface area contributed by atoms with Gasteiger partial charge in [0.2, 0.25) is 5.95 Å². The predicted molar refractivity (Wildman–Crippen MR) is 139 cm³/mol. The van der Waals surface area contributed by atoms with Crippen molar-refractivity contribution < 1.29 is 9.90 Å². The maximum Gasteiger partial charge on any atom is 0.256 e. The van der Waals surface area contributed by atoms with Crippen LogP contribution in [0, 0.1) is 0 Å². The number of benzene rings is 1. The summed E-state index contributed by atoms with van der Waals surface area (Å²) in [6.45, 7) is 12.0. The van der Waals surface area contributed by atoms with Gasteiger partial charge in [-0.25, -0.2) is 4.98 Å². The van der Waals surface area contributed by atoms with Gasteiger partial charge in [-0.2, -0.15) is 10.1 Å². The van der Waals surface area contributed by atoms with E-state index in [9.17, 15) is 4.79 Å². The molecule has 0 spiro atoms. The Kier molecular flexibility index (Phi) is 6.63. The molecule has 1 fully saturated rings. The van der Waals surface area contributed by atoms with Gasteiger partial charge in [0.15, 0.2) is 0 Å². The van der Waals surface area contributed by atoms with Crippen LogP contribution in [0.3, 0.4) is 0 Å². The molecular formula is C26H34N8O2. The van der Waals surface area contributed by atoms with E-state index in [2.05, 4.69) is 56.0 Å². The normalized spacial score (nSPS) is 16.3. The van der Waals surface area contributed by atoms with E-state index < -0.39 is 0 Å². The number of aliphatic hydroxyl groups is 1. The fourth-order valence-corrected chi connectivity index (χ4v) is 4.68. The molecule has 10 heteroatoms. The van der Waals surface area contributed by atoms with Gasteiger partial charge < -0.3 is 20.2 Å². The number of hydrogen-bond acceptors (Lipinski definition) is 8. The maximum atomic E-state index is 12.9. The van der Waals surface area contributed by atoms with E-state index in [1.165, 1.54) is 5.56 Å². The van der Waals surface area contributed by atoms with Gasteiger partial charge in [-0.1, -0.05) is 32.9 Å². The number of aromatic nitrogens is 4. The van der Waals surface area contributed by atoms with E-state index in [4.69, 9.17) is 10.1 Å². The van der Waals surface area contributed by atoms with Crippen molar-refractivity contribution in [2.24, 2.45) is 0 Å². The number of hydrogen-bond donors (Lipinski definition) is 3. The number of anilines is 3. The molecule has 190 valence electrons. The van der Waals surface area contributed by atoms with Crippen LogP contribution in [0.2, 0.25) is 0 Å². The average molecular weight is 491 g/mol. The Morgan fingerprint density at radius 1 is 1.06 bits per heavy atom. The van der Waals surface area contributed by atoms with Gasteiger partial charge in [-0.3, -0.25) is 14.8 Å². The highest BCUT2D eigenvalue weighted by molar-refractivity contribution is 6.04. The zero-order chi connectivity index (χ0) is 25.3. The number of piperazine rings is 1. The Morgan fingerprint density at radius 3 is 2.50 bits per heavy atom. The van der Waals surface area contributed by atoms with Crippen LogP contribution in [0.25, 0.3) is 0 Å². The van der Waals surface area contributed by atoms with Gasteiger partial charge in [-0.15, -0.1) is 0 Å². The minimum Gasteiger partial charge on any atom is -0.395 e. The highest BCUT2D eigenvalue weighted by Gasteiger charge is 2.28. The Bertz CT molecular complexity index is 1210. The van der Waals surface area contributed by atoms with Crippen molar-refractivity contribution in [3.05, 3.63) is 58.9 Å². The van der Waals surface area contributed by atoms with Crippen LogP contribution in [-0.4, -0.2) is 75.4 Å². The molecule has 2 aliphatic heterocycles. The molecular weight excluding hydrogens is 456 g/mol. The standard InChI is InChI=1S/C26H34N8O2/c1-26(2,3)19-6-4-18(5-7-19)24(36)29-23-20-16-34(17-21(20)30-31-23)22-8-9-27-25(28-22)33-12-10-32(11-13-33)14-15-35/h4-9,35H,10-17H2,1-3H3,(H2,29,30,31,36). The maximum absolute atomic E-state index is 12.9. The van der Waals surface area contributed by atoms with Crippen molar-refractivity contribution in [3.63, 3.8) is 0 Å². The lowest BCUT2D eigenvalue weighted by Crippen LogP contribution is -2.47. The quantitative estimate of drug-likeness (QED) is 0.483. The molecule has 0 atom stereocenters. The number of fused-ring (bicyclic) bond motifs is 1. The number of carbonyl (C=O) groups is 1. The SMILES string of the molecule is CC(C)(C)c1ccc(C(=O)Nc2[nH]nc3c2CN(c2ccnc(N4CCN(CCO)CC4)n2)C3)cc1. The molecule has 4 heterocycles. The first kappa shape index (κ1) is 24.2. The molecule has 1 amide bonds. The minimum atomic E-state index is -0.162. The molecule has 0 unspecified atom stereocenters. The first-order valence-electron chi connectivity index (χ1n) is 12.5. The number of nitrogens with zero attached hydrogens (tertiary/aromatic N) is 6. The molecule has 1 aromatic carbocycles. The fourth-order valence-electron chi connectivity index (χ4n) is 4.68. The topological polar surface area (TPSA) is 114 Å². The first-order chi connectivity index (χ1) is 17.3. The molecule has 0 bridgehead atoms. The monoisotopic (exact) mass is 490 g/mol. The van der Waals surface area contributed by atoms with Crippen LogP contribution in [0.5, 0.6) is 0 Å². The lowest BCUT2D eigenvalue weighted by atomic mass is 9.87. The summed E-state index contributed by atoms with van der Waals surface area (Å²) in [6.07, 6.45) is 1.80. The number of rotatable bonds is 6. The molecule has 1 saturated heterocycles.